The second-order valence-electron chi connectivity index (χ2n) is 10.7. The quantitative estimate of drug-likeness (QED) is 0.0839. The average Bonchev–Trinajstić information content (AvgIpc) is 2.83. The first-order valence-electron chi connectivity index (χ1n) is 14.8. The molecule has 0 aromatic carbocycles. The number of rotatable bonds is 22. The highest BCUT2D eigenvalue weighted by molar-refractivity contribution is 8.64. The lowest BCUT2D eigenvalue weighted by Crippen LogP contribution is -2.53. The maximum atomic E-state index is 5.99. The molecule has 8 heteroatoms. The summed E-state index contributed by atoms with van der Waals surface area (Å²) in [4.78, 5) is 0. The molecule has 4 fully saturated rings. The van der Waals surface area contributed by atoms with E-state index in [-0.39, 0.29) is 0 Å². The molecule has 4 aliphatic rings. The summed E-state index contributed by atoms with van der Waals surface area (Å²) in [5.41, 5.74) is 0. The van der Waals surface area contributed by atoms with Crippen LogP contribution in [0.15, 0.2) is 0 Å². The molecule has 4 saturated heterocycles. The molecule has 0 saturated carbocycles. The van der Waals surface area contributed by atoms with Gasteiger partial charge in [-0.3, -0.25) is 0 Å². The molecular formula is C28H50Cl2S6. The van der Waals surface area contributed by atoms with E-state index in [0.29, 0.717) is 13.6 Å². The zero-order valence-corrected chi connectivity index (χ0v) is 29.2. The fourth-order valence-corrected chi connectivity index (χ4v) is 27.6. The molecule has 0 aromatic rings. The molecule has 0 aromatic heterocycles. The Hall–Kier alpha value is 2.68. The van der Waals surface area contributed by atoms with Crippen LogP contribution in [-0.4, -0.2) is 25.4 Å². The van der Waals surface area contributed by atoms with Gasteiger partial charge in [0.2, 0.25) is 0 Å². The first-order chi connectivity index (χ1) is 17.5. The molecule has 212 valence electrons. The monoisotopic (exact) mass is 648 g/mol. The van der Waals surface area contributed by atoms with Gasteiger partial charge in [0.05, 0.1) is 0 Å². The minimum absolute atomic E-state index is 0.356. The van der Waals surface area contributed by atoms with E-state index in [1.807, 2.05) is 0 Å². The molecule has 0 atom stereocenters. The summed E-state index contributed by atoms with van der Waals surface area (Å²) in [6.45, 7) is 4.69. The van der Waals surface area contributed by atoms with Gasteiger partial charge < -0.3 is 0 Å². The van der Waals surface area contributed by atoms with E-state index < -0.39 is 0 Å². The Bertz CT molecular complexity index is 557. The summed E-state index contributed by atoms with van der Waals surface area (Å²) in [7, 11) is 0. The van der Waals surface area contributed by atoms with Crippen LogP contribution in [0.3, 0.4) is 0 Å². The van der Waals surface area contributed by atoms with Gasteiger partial charge in [-0.25, -0.2) is 0 Å². The Labute approximate surface area is 259 Å². The summed E-state index contributed by atoms with van der Waals surface area (Å²) in [5, 5.41) is 0. The summed E-state index contributed by atoms with van der Waals surface area (Å²) in [5.74, 6) is 1.64. The largest absolute Gasteiger partial charge is 0.127 e. The Morgan fingerprint density at radius 1 is 0.361 bits per heavy atom. The fourth-order valence-electron chi connectivity index (χ4n) is 5.40. The first-order valence-corrected chi connectivity index (χ1v) is 20.8. The van der Waals surface area contributed by atoms with Crippen LogP contribution in [0.1, 0.15) is 142 Å². The lowest BCUT2D eigenvalue weighted by atomic mass is 10.2. The van der Waals surface area contributed by atoms with Crippen LogP contribution < -0.4 is 0 Å². The lowest BCUT2D eigenvalue weighted by molar-refractivity contribution is 0.615. The zero-order chi connectivity index (χ0) is 25.8. The average molecular weight is 650 g/mol. The van der Waals surface area contributed by atoms with Crippen LogP contribution >= 0.6 is 93.8 Å². The van der Waals surface area contributed by atoms with Crippen LogP contribution in [0.25, 0.3) is 0 Å². The van der Waals surface area contributed by atoms with E-state index in [1.165, 1.54) is 128 Å². The minimum atomic E-state index is 0.356. The highest BCUT2D eigenvalue weighted by Crippen LogP contribution is 2.91. The van der Waals surface area contributed by atoms with Crippen LogP contribution in [0.4, 0.5) is 0 Å². The predicted octanol–water partition coefficient (Wildman–Crippen LogP) is 13.4. The van der Waals surface area contributed by atoms with Crippen molar-refractivity contribution >= 4 is 93.8 Å². The van der Waals surface area contributed by atoms with Crippen molar-refractivity contribution in [2.75, 3.05) is 11.8 Å². The normalized spacial score (nSPS) is 33.0. The summed E-state index contributed by atoms with van der Waals surface area (Å²) >= 11 is 26.4. The van der Waals surface area contributed by atoms with Gasteiger partial charge in [-0.2, -0.15) is 0 Å². The molecule has 4 bridgehead atoms. The Kier molecular flexibility index (Phi) is 15.6. The lowest BCUT2D eigenvalue weighted by Gasteiger charge is -2.67. The Balaban J connectivity index is 1.78. The third-order valence-corrected chi connectivity index (χ3v) is 20.0. The molecule has 36 heavy (non-hydrogen) atoms. The standard InChI is InChI=1S/C28H50Cl2S6/c1-3-5-7-13-19-25-31-26(20-14-8-6-4-2)34-27(32-25,21-15-9-11-17-23-29)36-28(33-25,35-26)22-16-10-12-18-24-30/h3-24H2,1-2H3. The van der Waals surface area contributed by atoms with Gasteiger partial charge in [-0.05, 0) is 38.5 Å². The van der Waals surface area contributed by atoms with Gasteiger partial charge in [0.25, 0.3) is 0 Å². The van der Waals surface area contributed by atoms with E-state index in [0.717, 1.165) is 11.8 Å². The van der Waals surface area contributed by atoms with Crippen molar-refractivity contribution in [1.82, 2.24) is 0 Å². The molecule has 0 aliphatic carbocycles. The van der Waals surface area contributed by atoms with Crippen LogP contribution in [0.2, 0.25) is 0 Å². The molecule has 0 nitrogen and oxygen atoms in total. The highest BCUT2D eigenvalue weighted by atomic mass is 35.5. The van der Waals surface area contributed by atoms with Crippen LogP contribution in [0.5, 0.6) is 0 Å². The van der Waals surface area contributed by atoms with Crippen molar-refractivity contribution in [1.29, 1.82) is 0 Å². The summed E-state index contributed by atoms with van der Waals surface area (Å²) in [6, 6.07) is 0. The van der Waals surface area contributed by atoms with E-state index in [9.17, 15) is 0 Å². The number of thioether (sulfide) groups is 6. The van der Waals surface area contributed by atoms with Gasteiger partial charge in [-0.1, -0.05) is 104 Å². The number of hydrogen-bond donors (Lipinski definition) is 0. The number of halogens is 2. The maximum absolute atomic E-state index is 5.99. The van der Waals surface area contributed by atoms with Gasteiger partial charge >= 0.3 is 0 Å². The van der Waals surface area contributed by atoms with Crippen LogP contribution in [0, 0.1) is 0 Å². The SMILES string of the molecule is CCCCCCC12SC3(CCCCCC)SC(CCCCCCCl)(S1)SC(CCCCCCCl)(S2)S3. The highest BCUT2D eigenvalue weighted by Gasteiger charge is 2.71. The van der Waals surface area contributed by atoms with Crippen molar-refractivity contribution in [2.24, 2.45) is 0 Å². The summed E-state index contributed by atoms with van der Waals surface area (Å²) < 4.78 is 1.45. The van der Waals surface area contributed by atoms with Gasteiger partial charge in [-0.15, -0.1) is 93.8 Å². The third kappa shape index (κ3) is 9.90. The molecule has 0 N–H and O–H groups in total. The fraction of sp³-hybridized carbons (Fsp3) is 1.00. The predicted molar refractivity (Wildman–Crippen MR) is 182 cm³/mol. The molecule has 0 amide bonds. The first kappa shape index (κ1) is 33.2. The van der Waals surface area contributed by atoms with E-state index in [1.54, 1.807) is 0 Å². The Morgan fingerprint density at radius 3 is 0.861 bits per heavy atom. The zero-order valence-electron chi connectivity index (χ0n) is 22.8. The van der Waals surface area contributed by atoms with Crippen molar-refractivity contribution in [3.63, 3.8) is 0 Å². The van der Waals surface area contributed by atoms with Crippen molar-refractivity contribution in [2.45, 2.75) is 156 Å². The molecule has 4 rings (SSSR count). The maximum Gasteiger partial charge on any atom is 0.113 e. The second-order valence-corrected chi connectivity index (χ2v) is 24.1. The molecule has 4 heterocycles. The van der Waals surface area contributed by atoms with Crippen molar-refractivity contribution in [3.8, 4) is 0 Å². The van der Waals surface area contributed by atoms with Crippen LogP contribution in [-0.2, 0) is 0 Å². The smallest absolute Gasteiger partial charge is 0.113 e. The molecular weight excluding hydrogens is 600 g/mol. The van der Waals surface area contributed by atoms with E-state index in [2.05, 4.69) is 84.4 Å². The van der Waals surface area contributed by atoms with Gasteiger partial charge in [0, 0.05) is 11.8 Å². The van der Waals surface area contributed by atoms with E-state index in [4.69, 9.17) is 23.2 Å². The number of alkyl halides is 2. The van der Waals surface area contributed by atoms with Crippen molar-refractivity contribution in [3.05, 3.63) is 0 Å². The minimum Gasteiger partial charge on any atom is -0.127 e. The number of unbranched alkanes of at least 4 members (excludes halogenated alkanes) is 12. The molecule has 4 aliphatic heterocycles. The molecule has 0 radical (unpaired) electrons. The van der Waals surface area contributed by atoms with Gasteiger partial charge in [0.1, 0.15) is 13.6 Å². The topological polar surface area (TPSA) is 0 Å². The third-order valence-electron chi connectivity index (χ3n) is 7.27. The second kappa shape index (κ2) is 17.0. The van der Waals surface area contributed by atoms with E-state index >= 15 is 0 Å². The number of hydrogen-bond acceptors (Lipinski definition) is 6. The molecule has 0 spiro atoms. The Morgan fingerprint density at radius 2 is 0.611 bits per heavy atom. The summed E-state index contributed by atoms with van der Waals surface area (Å²) in [6.07, 6.45) is 27.0. The molecule has 0 unspecified atom stereocenters. The van der Waals surface area contributed by atoms with Gasteiger partial charge in [0.15, 0.2) is 0 Å². The van der Waals surface area contributed by atoms with Crippen molar-refractivity contribution < 1.29 is 0 Å².